The van der Waals surface area contributed by atoms with E-state index in [1.54, 1.807) is 5.57 Å². The predicted octanol–water partition coefficient (Wildman–Crippen LogP) is 2.03. The Hall–Kier alpha value is -0.600. The molecule has 0 amide bonds. The molecule has 2 fully saturated rings. The predicted molar refractivity (Wildman–Crippen MR) is 60.7 cm³/mol. The highest BCUT2D eigenvalue weighted by Crippen LogP contribution is 2.43. The van der Waals surface area contributed by atoms with Crippen molar-refractivity contribution in [2.45, 2.75) is 31.3 Å². The van der Waals surface area contributed by atoms with Gasteiger partial charge in [-0.3, -0.25) is 0 Å². The first-order chi connectivity index (χ1) is 7.41. The van der Waals surface area contributed by atoms with Gasteiger partial charge in [0.05, 0.1) is 5.60 Å². The van der Waals surface area contributed by atoms with Gasteiger partial charge in [-0.15, -0.1) is 0 Å². The molecule has 82 valence electrons. The standard InChI is InChI=1S/C13H19NO/c1-2-4-12-11(3-1)5-10-15-13(12)6-8-14-9-7-13/h1-2,4,11,14H,3,5-10H2. The minimum absolute atomic E-state index is 0.0962. The second-order valence-electron chi connectivity index (χ2n) is 4.86. The summed E-state index contributed by atoms with van der Waals surface area (Å²) < 4.78 is 6.13. The summed E-state index contributed by atoms with van der Waals surface area (Å²) in [5.74, 6) is 0.766. The highest BCUT2D eigenvalue weighted by Gasteiger charge is 2.42. The molecule has 2 nitrogen and oxygen atoms in total. The van der Waals surface area contributed by atoms with Gasteiger partial charge in [-0.25, -0.2) is 0 Å². The summed E-state index contributed by atoms with van der Waals surface area (Å²) in [6.07, 6.45) is 11.6. The lowest BCUT2D eigenvalue weighted by molar-refractivity contribution is -0.0704. The Kier molecular flexibility index (Phi) is 2.41. The molecular formula is C13H19NO. The lowest BCUT2D eigenvalue weighted by atomic mass is 9.72. The van der Waals surface area contributed by atoms with E-state index in [-0.39, 0.29) is 5.60 Å². The van der Waals surface area contributed by atoms with Crippen molar-refractivity contribution in [3.63, 3.8) is 0 Å². The Bertz CT molecular complexity index is 294. The molecule has 15 heavy (non-hydrogen) atoms. The Morgan fingerprint density at radius 2 is 2.20 bits per heavy atom. The van der Waals surface area contributed by atoms with E-state index in [2.05, 4.69) is 23.5 Å². The van der Waals surface area contributed by atoms with E-state index in [0.717, 1.165) is 38.5 Å². The zero-order chi connectivity index (χ0) is 10.1. The van der Waals surface area contributed by atoms with Crippen molar-refractivity contribution < 1.29 is 4.74 Å². The number of ether oxygens (including phenoxy) is 1. The Morgan fingerprint density at radius 3 is 3.07 bits per heavy atom. The van der Waals surface area contributed by atoms with Crippen molar-refractivity contribution in [2.24, 2.45) is 5.92 Å². The normalized spacial score (nSPS) is 33.6. The van der Waals surface area contributed by atoms with Crippen molar-refractivity contribution in [1.29, 1.82) is 0 Å². The number of allylic oxidation sites excluding steroid dienone is 3. The quantitative estimate of drug-likeness (QED) is 0.653. The topological polar surface area (TPSA) is 21.3 Å². The smallest absolute Gasteiger partial charge is 0.0921 e. The summed E-state index contributed by atoms with van der Waals surface area (Å²) in [5, 5.41) is 3.43. The molecule has 1 unspecified atom stereocenters. The Balaban J connectivity index is 1.92. The average Bonchev–Trinajstić information content (AvgIpc) is 2.31. The monoisotopic (exact) mass is 205 g/mol. The average molecular weight is 205 g/mol. The van der Waals surface area contributed by atoms with Gasteiger partial charge < -0.3 is 10.1 Å². The van der Waals surface area contributed by atoms with Crippen LogP contribution in [0.3, 0.4) is 0 Å². The van der Waals surface area contributed by atoms with E-state index < -0.39 is 0 Å². The summed E-state index contributed by atoms with van der Waals surface area (Å²) in [6.45, 7) is 3.16. The van der Waals surface area contributed by atoms with E-state index in [0.29, 0.717) is 0 Å². The van der Waals surface area contributed by atoms with Crippen molar-refractivity contribution in [1.82, 2.24) is 5.32 Å². The summed E-state index contributed by atoms with van der Waals surface area (Å²) in [7, 11) is 0. The number of fused-ring (bicyclic) bond motifs is 2. The van der Waals surface area contributed by atoms with Crippen LogP contribution in [0, 0.1) is 5.92 Å². The number of hydrogen-bond acceptors (Lipinski definition) is 2. The van der Waals surface area contributed by atoms with Gasteiger partial charge in [-0.1, -0.05) is 18.2 Å². The number of piperidine rings is 1. The molecule has 0 radical (unpaired) electrons. The summed E-state index contributed by atoms with van der Waals surface area (Å²) in [6, 6.07) is 0. The van der Waals surface area contributed by atoms with E-state index in [9.17, 15) is 0 Å². The van der Waals surface area contributed by atoms with Crippen molar-refractivity contribution in [3.05, 3.63) is 23.8 Å². The van der Waals surface area contributed by atoms with Gasteiger partial charge in [-0.2, -0.15) is 0 Å². The second-order valence-corrected chi connectivity index (χ2v) is 4.86. The summed E-state index contributed by atoms with van der Waals surface area (Å²) in [5.41, 5.74) is 1.68. The maximum Gasteiger partial charge on any atom is 0.0921 e. The molecule has 3 aliphatic rings. The van der Waals surface area contributed by atoms with Gasteiger partial charge in [0.15, 0.2) is 0 Å². The fourth-order valence-electron chi connectivity index (χ4n) is 3.22. The SMILES string of the molecule is C1=CCC2CCOC3(CCNCC3)C2=C1. The van der Waals surface area contributed by atoms with Crippen LogP contribution in [0.5, 0.6) is 0 Å². The first-order valence-corrected chi connectivity index (χ1v) is 6.13. The maximum absolute atomic E-state index is 6.13. The van der Waals surface area contributed by atoms with Gasteiger partial charge in [-0.05, 0) is 50.3 Å². The van der Waals surface area contributed by atoms with Gasteiger partial charge in [0.25, 0.3) is 0 Å². The minimum Gasteiger partial charge on any atom is -0.370 e. The third kappa shape index (κ3) is 1.56. The summed E-state index contributed by atoms with van der Waals surface area (Å²) in [4.78, 5) is 0. The molecule has 2 heterocycles. The van der Waals surface area contributed by atoms with E-state index in [1.807, 2.05) is 0 Å². The lowest BCUT2D eigenvalue weighted by Crippen LogP contribution is -2.50. The van der Waals surface area contributed by atoms with Crippen LogP contribution in [0.2, 0.25) is 0 Å². The summed E-state index contributed by atoms with van der Waals surface area (Å²) >= 11 is 0. The highest BCUT2D eigenvalue weighted by molar-refractivity contribution is 5.31. The first kappa shape index (κ1) is 9.61. The molecule has 1 atom stereocenters. The third-order valence-corrected chi connectivity index (χ3v) is 4.05. The maximum atomic E-state index is 6.13. The van der Waals surface area contributed by atoms with Crippen LogP contribution in [0.4, 0.5) is 0 Å². The molecule has 2 heteroatoms. The second kappa shape index (κ2) is 3.76. The van der Waals surface area contributed by atoms with E-state index in [1.165, 1.54) is 12.8 Å². The lowest BCUT2D eigenvalue weighted by Gasteiger charge is -2.46. The molecule has 2 saturated heterocycles. The van der Waals surface area contributed by atoms with Crippen LogP contribution in [-0.2, 0) is 4.74 Å². The van der Waals surface area contributed by atoms with E-state index >= 15 is 0 Å². The Labute approximate surface area is 91.4 Å². The number of rotatable bonds is 0. The van der Waals surface area contributed by atoms with Crippen LogP contribution >= 0.6 is 0 Å². The van der Waals surface area contributed by atoms with Crippen molar-refractivity contribution in [2.75, 3.05) is 19.7 Å². The molecular weight excluding hydrogens is 186 g/mol. The molecule has 3 rings (SSSR count). The molecule has 1 spiro atoms. The largest absolute Gasteiger partial charge is 0.370 e. The molecule has 0 aromatic heterocycles. The first-order valence-electron chi connectivity index (χ1n) is 6.13. The fourth-order valence-corrected chi connectivity index (χ4v) is 3.22. The third-order valence-electron chi connectivity index (χ3n) is 4.05. The van der Waals surface area contributed by atoms with Crippen molar-refractivity contribution >= 4 is 0 Å². The molecule has 0 bridgehead atoms. The zero-order valence-corrected chi connectivity index (χ0v) is 9.17. The van der Waals surface area contributed by atoms with E-state index in [4.69, 9.17) is 4.74 Å². The fraction of sp³-hybridized carbons (Fsp3) is 0.692. The van der Waals surface area contributed by atoms with Gasteiger partial charge in [0, 0.05) is 6.61 Å². The van der Waals surface area contributed by atoms with Gasteiger partial charge in [0.2, 0.25) is 0 Å². The van der Waals surface area contributed by atoms with Gasteiger partial charge >= 0.3 is 0 Å². The van der Waals surface area contributed by atoms with Crippen LogP contribution in [-0.4, -0.2) is 25.3 Å². The highest BCUT2D eigenvalue weighted by atomic mass is 16.5. The molecule has 0 aromatic carbocycles. The molecule has 1 aliphatic carbocycles. The molecule has 0 aromatic rings. The van der Waals surface area contributed by atoms with Crippen LogP contribution < -0.4 is 5.32 Å². The minimum atomic E-state index is 0.0962. The molecule has 0 saturated carbocycles. The van der Waals surface area contributed by atoms with Crippen LogP contribution in [0.15, 0.2) is 23.8 Å². The van der Waals surface area contributed by atoms with Crippen molar-refractivity contribution in [3.8, 4) is 0 Å². The Morgan fingerprint density at radius 1 is 1.33 bits per heavy atom. The number of hydrogen-bond donors (Lipinski definition) is 1. The number of nitrogens with one attached hydrogen (secondary N) is 1. The molecule has 1 N–H and O–H groups in total. The van der Waals surface area contributed by atoms with Crippen LogP contribution in [0.1, 0.15) is 25.7 Å². The van der Waals surface area contributed by atoms with Crippen LogP contribution in [0.25, 0.3) is 0 Å². The van der Waals surface area contributed by atoms with Gasteiger partial charge in [0.1, 0.15) is 0 Å². The zero-order valence-electron chi connectivity index (χ0n) is 9.17. The molecule has 2 aliphatic heterocycles.